The molecule has 148 valence electrons. The van der Waals surface area contributed by atoms with Crippen LogP contribution in [0.1, 0.15) is 34.8 Å². The van der Waals surface area contributed by atoms with Crippen molar-refractivity contribution in [3.63, 3.8) is 0 Å². The van der Waals surface area contributed by atoms with E-state index in [1.807, 2.05) is 24.3 Å². The lowest BCUT2D eigenvalue weighted by Gasteiger charge is -2.28. The van der Waals surface area contributed by atoms with E-state index in [0.717, 1.165) is 44.0 Å². The summed E-state index contributed by atoms with van der Waals surface area (Å²) in [7, 11) is 0. The van der Waals surface area contributed by atoms with Gasteiger partial charge < -0.3 is 15.0 Å². The number of amides is 1. The lowest BCUT2D eigenvalue weighted by Crippen LogP contribution is -2.36. The third-order valence-corrected chi connectivity index (χ3v) is 5.08. The average molecular weight is 380 g/mol. The van der Waals surface area contributed by atoms with Gasteiger partial charge in [0.25, 0.3) is 0 Å². The summed E-state index contributed by atoms with van der Waals surface area (Å²) in [4.78, 5) is 26.6. The molecule has 3 rings (SSSR count). The molecule has 2 aromatic carbocycles. The molecule has 1 N–H and O–H groups in total. The maximum atomic E-state index is 12.3. The number of morpholine rings is 1. The molecular formula is C23H28N2O3. The van der Waals surface area contributed by atoms with Crippen molar-refractivity contribution in [2.45, 2.75) is 26.2 Å². The van der Waals surface area contributed by atoms with Crippen molar-refractivity contribution < 1.29 is 14.3 Å². The molecule has 0 aromatic heterocycles. The first-order chi connectivity index (χ1) is 13.7. The van der Waals surface area contributed by atoms with Crippen LogP contribution in [-0.4, -0.2) is 44.5 Å². The van der Waals surface area contributed by atoms with Crippen LogP contribution in [0.2, 0.25) is 0 Å². The molecule has 0 saturated carbocycles. The van der Waals surface area contributed by atoms with E-state index in [4.69, 9.17) is 4.74 Å². The van der Waals surface area contributed by atoms with Crippen LogP contribution in [0.15, 0.2) is 48.5 Å². The summed E-state index contributed by atoms with van der Waals surface area (Å²) in [5.74, 6) is -0.174. The molecule has 1 amide bonds. The quantitative estimate of drug-likeness (QED) is 0.715. The minimum Gasteiger partial charge on any atom is -0.378 e. The summed E-state index contributed by atoms with van der Waals surface area (Å²) >= 11 is 0. The number of carbonyl (C=O) groups excluding carboxylic acids is 2. The van der Waals surface area contributed by atoms with Crippen LogP contribution in [0, 0.1) is 0 Å². The Kier molecular flexibility index (Phi) is 7.20. The van der Waals surface area contributed by atoms with E-state index in [0.29, 0.717) is 18.4 Å². The Labute approximate surface area is 166 Å². The molecule has 0 bridgehead atoms. The number of hydrogen-bond donors (Lipinski definition) is 1. The zero-order chi connectivity index (χ0) is 19.8. The second kappa shape index (κ2) is 10.0. The Balaban J connectivity index is 1.43. The zero-order valence-corrected chi connectivity index (χ0v) is 16.4. The molecule has 28 heavy (non-hydrogen) atoms. The Hall–Kier alpha value is -2.66. The van der Waals surface area contributed by atoms with Crippen molar-refractivity contribution in [1.82, 2.24) is 5.32 Å². The van der Waals surface area contributed by atoms with Crippen LogP contribution >= 0.6 is 0 Å². The smallest absolute Gasteiger partial charge is 0.220 e. The van der Waals surface area contributed by atoms with Crippen LogP contribution in [0.4, 0.5) is 5.69 Å². The standard InChI is InChI=1S/C23H28N2O3/c1-2-18-3-5-19(6-4-18)7-12-23(27)24-17-22(26)20-8-10-21(11-9-20)25-13-15-28-16-14-25/h3-6,8-11H,2,7,12-17H2,1H3,(H,24,27). The second-order valence-corrected chi connectivity index (χ2v) is 7.02. The highest BCUT2D eigenvalue weighted by molar-refractivity contribution is 5.99. The van der Waals surface area contributed by atoms with Crippen LogP contribution in [0.3, 0.4) is 0 Å². The molecule has 1 aliphatic heterocycles. The Morgan fingerprint density at radius 1 is 0.964 bits per heavy atom. The van der Waals surface area contributed by atoms with Crippen molar-refractivity contribution in [1.29, 1.82) is 0 Å². The first-order valence-electron chi connectivity index (χ1n) is 9.96. The molecule has 0 unspecified atom stereocenters. The molecule has 0 aliphatic carbocycles. The van der Waals surface area contributed by atoms with Crippen LogP contribution in [0.25, 0.3) is 0 Å². The molecule has 1 heterocycles. The number of ether oxygens (including phenoxy) is 1. The van der Waals surface area contributed by atoms with Gasteiger partial charge in [-0.3, -0.25) is 9.59 Å². The summed E-state index contributed by atoms with van der Waals surface area (Å²) in [6, 6.07) is 15.9. The number of rotatable bonds is 8. The predicted octanol–water partition coefficient (Wildman–Crippen LogP) is 3.02. The largest absolute Gasteiger partial charge is 0.378 e. The summed E-state index contributed by atoms with van der Waals surface area (Å²) in [5, 5.41) is 2.74. The van der Waals surface area contributed by atoms with Gasteiger partial charge in [-0.25, -0.2) is 0 Å². The highest BCUT2D eigenvalue weighted by Gasteiger charge is 2.13. The fourth-order valence-corrected chi connectivity index (χ4v) is 3.25. The molecule has 1 aliphatic rings. The molecule has 5 heteroatoms. The minimum absolute atomic E-state index is 0.0322. The first kappa shape index (κ1) is 20.1. The molecule has 0 spiro atoms. The van der Waals surface area contributed by atoms with Gasteiger partial charge >= 0.3 is 0 Å². The van der Waals surface area contributed by atoms with Crippen molar-refractivity contribution >= 4 is 17.4 Å². The number of hydrogen-bond acceptors (Lipinski definition) is 4. The normalized spacial score (nSPS) is 14.0. The zero-order valence-electron chi connectivity index (χ0n) is 16.4. The highest BCUT2D eigenvalue weighted by atomic mass is 16.5. The van der Waals surface area contributed by atoms with E-state index in [-0.39, 0.29) is 18.2 Å². The number of Topliss-reactive ketones (excluding diaryl/α,β-unsaturated/α-hetero) is 1. The summed E-state index contributed by atoms with van der Waals surface area (Å²) < 4.78 is 5.36. The van der Waals surface area contributed by atoms with Crippen LogP contribution in [-0.2, 0) is 22.4 Å². The van der Waals surface area contributed by atoms with E-state index in [1.54, 1.807) is 0 Å². The lowest BCUT2D eigenvalue weighted by molar-refractivity contribution is -0.120. The fourth-order valence-electron chi connectivity index (χ4n) is 3.25. The Morgan fingerprint density at radius 2 is 1.61 bits per heavy atom. The minimum atomic E-state index is -0.0992. The molecule has 1 saturated heterocycles. The van der Waals surface area contributed by atoms with Crippen LogP contribution in [0.5, 0.6) is 0 Å². The molecule has 0 atom stereocenters. The third kappa shape index (κ3) is 5.67. The van der Waals surface area contributed by atoms with Crippen molar-refractivity contribution in [2.75, 3.05) is 37.7 Å². The number of anilines is 1. The number of nitrogens with zero attached hydrogens (tertiary/aromatic N) is 1. The van der Waals surface area contributed by atoms with Gasteiger partial charge in [0.1, 0.15) is 0 Å². The second-order valence-electron chi connectivity index (χ2n) is 7.02. The molecule has 0 radical (unpaired) electrons. The van der Waals surface area contributed by atoms with Crippen molar-refractivity contribution in [3.05, 3.63) is 65.2 Å². The molecular weight excluding hydrogens is 352 g/mol. The molecule has 5 nitrogen and oxygen atoms in total. The number of ketones is 1. The fraction of sp³-hybridized carbons (Fsp3) is 0.391. The van der Waals surface area contributed by atoms with Gasteiger partial charge in [-0.1, -0.05) is 31.2 Å². The SMILES string of the molecule is CCc1ccc(CCC(=O)NCC(=O)c2ccc(N3CCOCC3)cc2)cc1. The van der Waals surface area contributed by atoms with Gasteiger partial charge in [0.2, 0.25) is 5.91 Å². The van der Waals surface area contributed by atoms with E-state index in [2.05, 4.69) is 41.4 Å². The molecule has 1 fully saturated rings. The Morgan fingerprint density at radius 3 is 2.25 bits per heavy atom. The van der Waals surface area contributed by atoms with Gasteiger partial charge in [-0.2, -0.15) is 0 Å². The number of nitrogens with one attached hydrogen (secondary N) is 1. The summed E-state index contributed by atoms with van der Waals surface area (Å²) in [6.07, 6.45) is 2.07. The van der Waals surface area contributed by atoms with E-state index >= 15 is 0 Å². The maximum absolute atomic E-state index is 12.3. The highest BCUT2D eigenvalue weighted by Crippen LogP contribution is 2.17. The van der Waals surface area contributed by atoms with Crippen LogP contribution < -0.4 is 10.2 Å². The van der Waals surface area contributed by atoms with Crippen molar-refractivity contribution in [2.24, 2.45) is 0 Å². The van der Waals surface area contributed by atoms with Crippen molar-refractivity contribution in [3.8, 4) is 0 Å². The summed E-state index contributed by atoms with van der Waals surface area (Å²) in [6.45, 7) is 5.35. The van der Waals surface area contributed by atoms with Gasteiger partial charge in [-0.15, -0.1) is 0 Å². The van der Waals surface area contributed by atoms with Gasteiger partial charge in [0.15, 0.2) is 5.78 Å². The van der Waals surface area contributed by atoms with Gasteiger partial charge in [0, 0.05) is 30.8 Å². The number of carbonyl (C=O) groups is 2. The Bertz CT molecular complexity index is 778. The topological polar surface area (TPSA) is 58.6 Å². The van der Waals surface area contributed by atoms with E-state index in [1.165, 1.54) is 5.56 Å². The lowest BCUT2D eigenvalue weighted by atomic mass is 10.1. The van der Waals surface area contributed by atoms with E-state index < -0.39 is 0 Å². The van der Waals surface area contributed by atoms with E-state index in [9.17, 15) is 9.59 Å². The third-order valence-electron chi connectivity index (χ3n) is 5.08. The van der Waals surface area contributed by atoms with Gasteiger partial charge in [-0.05, 0) is 48.2 Å². The first-order valence-corrected chi connectivity index (χ1v) is 9.96. The predicted molar refractivity (Wildman–Crippen MR) is 111 cm³/mol. The monoisotopic (exact) mass is 380 g/mol. The summed E-state index contributed by atoms with van der Waals surface area (Å²) in [5.41, 5.74) is 4.14. The number of benzene rings is 2. The average Bonchev–Trinajstić information content (AvgIpc) is 2.77. The maximum Gasteiger partial charge on any atom is 0.220 e. The number of aryl methyl sites for hydroxylation is 2. The molecule has 2 aromatic rings. The van der Waals surface area contributed by atoms with Gasteiger partial charge in [0.05, 0.1) is 19.8 Å².